The lowest BCUT2D eigenvalue weighted by molar-refractivity contribution is 0.0427. The molecule has 0 unspecified atom stereocenters. The molecule has 0 aliphatic carbocycles. The van der Waals surface area contributed by atoms with Crippen LogP contribution in [0.1, 0.15) is 52.4 Å². The predicted molar refractivity (Wildman–Crippen MR) is 59.0 cm³/mol. The molecule has 0 aromatic heterocycles. The first kappa shape index (κ1) is 12.7. The molecule has 0 aliphatic heterocycles. The molecule has 0 spiro atoms. The summed E-state index contributed by atoms with van der Waals surface area (Å²) < 4.78 is 5.75. The summed E-state index contributed by atoms with van der Waals surface area (Å²) in [5, 5.41) is 0. The molecule has 78 valence electrons. The molecule has 0 amide bonds. The highest BCUT2D eigenvalue weighted by molar-refractivity contribution is 4.66. The lowest BCUT2D eigenvalue weighted by atomic mass is 10.1. The van der Waals surface area contributed by atoms with E-state index in [4.69, 9.17) is 4.74 Å². The van der Waals surface area contributed by atoms with Gasteiger partial charge in [0.25, 0.3) is 0 Å². The fraction of sp³-hybridized carbons (Fsp3) is 0.833. The molecule has 0 N–H and O–H groups in total. The van der Waals surface area contributed by atoms with Crippen molar-refractivity contribution >= 4 is 0 Å². The van der Waals surface area contributed by atoms with Crippen molar-refractivity contribution in [1.82, 2.24) is 0 Å². The summed E-state index contributed by atoms with van der Waals surface area (Å²) in [4.78, 5) is 0. The van der Waals surface area contributed by atoms with Gasteiger partial charge in [0.1, 0.15) is 0 Å². The highest BCUT2D eigenvalue weighted by Crippen LogP contribution is 2.11. The van der Waals surface area contributed by atoms with E-state index in [0.717, 1.165) is 13.0 Å². The van der Waals surface area contributed by atoms with Crippen molar-refractivity contribution in [2.75, 3.05) is 6.61 Å². The highest BCUT2D eigenvalue weighted by atomic mass is 16.5. The third kappa shape index (κ3) is 8.04. The van der Waals surface area contributed by atoms with Crippen LogP contribution in [-0.4, -0.2) is 12.7 Å². The summed E-state index contributed by atoms with van der Waals surface area (Å²) in [6.45, 7) is 8.98. The van der Waals surface area contributed by atoms with Crippen LogP contribution in [0.4, 0.5) is 0 Å². The summed E-state index contributed by atoms with van der Waals surface area (Å²) in [7, 11) is 0. The Labute approximate surface area is 83.2 Å². The number of hydrogen-bond acceptors (Lipinski definition) is 1. The fourth-order valence-corrected chi connectivity index (χ4v) is 1.38. The van der Waals surface area contributed by atoms with Gasteiger partial charge in [0.05, 0.1) is 12.7 Å². The molecule has 13 heavy (non-hydrogen) atoms. The Kier molecular flexibility index (Phi) is 9.56. The topological polar surface area (TPSA) is 9.23 Å². The molecular weight excluding hydrogens is 160 g/mol. The van der Waals surface area contributed by atoms with Gasteiger partial charge in [0.15, 0.2) is 0 Å². The van der Waals surface area contributed by atoms with Crippen LogP contribution in [0.25, 0.3) is 0 Å². The highest BCUT2D eigenvalue weighted by Gasteiger charge is 2.05. The summed E-state index contributed by atoms with van der Waals surface area (Å²) in [6.07, 6.45) is 9.60. The van der Waals surface area contributed by atoms with Crippen molar-refractivity contribution in [3.63, 3.8) is 0 Å². The average Bonchev–Trinajstić information content (AvgIpc) is 2.14. The molecule has 0 saturated carbocycles. The Morgan fingerprint density at radius 3 is 2.54 bits per heavy atom. The summed E-state index contributed by atoms with van der Waals surface area (Å²) >= 11 is 0. The fourth-order valence-electron chi connectivity index (χ4n) is 1.38. The summed E-state index contributed by atoms with van der Waals surface area (Å²) in [5.74, 6) is 0. The molecule has 0 radical (unpaired) electrons. The van der Waals surface area contributed by atoms with E-state index in [1.807, 2.05) is 6.08 Å². The molecule has 0 heterocycles. The molecule has 1 nitrogen and oxygen atoms in total. The zero-order chi connectivity index (χ0) is 9.94. The molecule has 0 fully saturated rings. The lowest BCUT2D eigenvalue weighted by Crippen LogP contribution is -2.13. The molecule has 0 rings (SSSR count). The minimum Gasteiger partial charge on any atom is -0.378 e. The van der Waals surface area contributed by atoms with Crippen LogP contribution in [0.2, 0.25) is 0 Å². The average molecular weight is 184 g/mol. The van der Waals surface area contributed by atoms with E-state index in [0.29, 0.717) is 6.10 Å². The van der Waals surface area contributed by atoms with Gasteiger partial charge in [-0.3, -0.25) is 0 Å². The molecule has 0 bridgehead atoms. The van der Waals surface area contributed by atoms with Gasteiger partial charge in [0, 0.05) is 0 Å². The molecule has 0 aliphatic rings. The van der Waals surface area contributed by atoms with Crippen LogP contribution in [0.15, 0.2) is 12.7 Å². The largest absolute Gasteiger partial charge is 0.378 e. The molecule has 0 aromatic rings. The minimum atomic E-state index is 0.491. The SMILES string of the molecule is C=CCCO[C@@H](CCC)CCCC. The normalized spacial score (nSPS) is 12.8. The van der Waals surface area contributed by atoms with Crippen LogP contribution >= 0.6 is 0 Å². The van der Waals surface area contributed by atoms with E-state index in [9.17, 15) is 0 Å². The second-order valence-corrected chi connectivity index (χ2v) is 3.50. The Morgan fingerprint density at radius 2 is 2.00 bits per heavy atom. The Morgan fingerprint density at radius 1 is 1.23 bits per heavy atom. The van der Waals surface area contributed by atoms with Crippen LogP contribution in [0.3, 0.4) is 0 Å². The van der Waals surface area contributed by atoms with E-state index < -0.39 is 0 Å². The third-order valence-electron chi connectivity index (χ3n) is 2.17. The van der Waals surface area contributed by atoms with Crippen molar-refractivity contribution in [2.45, 2.75) is 58.5 Å². The van der Waals surface area contributed by atoms with Crippen LogP contribution < -0.4 is 0 Å². The second kappa shape index (κ2) is 9.79. The molecule has 0 aromatic carbocycles. The van der Waals surface area contributed by atoms with Gasteiger partial charge < -0.3 is 4.74 Å². The van der Waals surface area contributed by atoms with E-state index in [1.54, 1.807) is 0 Å². The van der Waals surface area contributed by atoms with Gasteiger partial charge >= 0.3 is 0 Å². The lowest BCUT2D eigenvalue weighted by Gasteiger charge is -2.16. The van der Waals surface area contributed by atoms with Crippen molar-refractivity contribution < 1.29 is 4.74 Å². The quantitative estimate of drug-likeness (QED) is 0.389. The number of ether oxygens (including phenoxy) is 1. The Balaban J connectivity index is 3.46. The first-order valence-corrected chi connectivity index (χ1v) is 5.57. The van der Waals surface area contributed by atoms with Crippen molar-refractivity contribution in [2.24, 2.45) is 0 Å². The molecular formula is C12H24O. The molecule has 1 atom stereocenters. The van der Waals surface area contributed by atoms with Gasteiger partial charge in [-0.1, -0.05) is 39.2 Å². The summed E-state index contributed by atoms with van der Waals surface area (Å²) in [6, 6.07) is 0. The van der Waals surface area contributed by atoms with E-state index in [2.05, 4.69) is 20.4 Å². The van der Waals surface area contributed by atoms with Gasteiger partial charge in [-0.05, 0) is 19.3 Å². The van der Waals surface area contributed by atoms with Crippen molar-refractivity contribution in [1.29, 1.82) is 0 Å². The van der Waals surface area contributed by atoms with Gasteiger partial charge in [-0.25, -0.2) is 0 Å². The van der Waals surface area contributed by atoms with Crippen LogP contribution in [0.5, 0.6) is 0 Å². The van der Waals surface area contributed by atoms with Crippen LogP contribution in [0, 0.1) is 0 Å². The first-order valence-electron chi connectivity index (χ1n) is 5.57. The number of hydrogen-bond donors (Lipinski definition) is 0. The maximum absolute atomic E-state index is 5.75. The molecule has 1 heteroatoms. The van der Waals surface area contributed by atoms with Crippen molar-refractivity contribution in [3.8, 4) is 0 Å². The maximum Gasteiger partial charge on any atom is 0.0575 e. The number of rotatable bonds is 9. The minimum absolute atomic E-state index is 0.491. The van der Waals surface area contributed by atoms with Crippen molar-refractivity contribution in [3.05, 3.63) is 12.7 Å². The zero-order valence-corrected chi connectivity index (χ0v) is 9.22. The second-order valence-electron chi connectivity index (χ2n) is 3.50. The van der Waals surface area contributed by atoms with Gasteiger partial charge in [0.2, 0.25) is 0 Å². The van der Waals surface area contributed by atoms with E-state index in [-0.39, 0.29) is 0 Å². The van der Waals surface area contributed by atoms with Gasteiger partial charge in [-0.15, -0.1) is 6.58 Å². The summed E-state index contributed by atoms with van der Waals surface area (Å²) in [5.41, 5.74) is 0. The Hall–Kier alpha value is -0.300. The number of unbranched alkanes of at least 4 members (excludes halogenated alkanes) is 1. The Bertz CT molecular complexity index is 110. The zero-order valence-electron chi connectivity index (χ0n) is 9.22. The van der Waals surface area contributed by atoms with E-state index >= 15 is 0 Å². The van der Waals surface area contributed by atoms with Crippen LogP contribution in [-0.2, 0) is 4.74 Å². The molecule has 0 saturated heterocycles. The standard InChI is InChI=1S/C12H24O/c1-4-7-10-12(9-6-3)13-11-8-5-2/h5,12H,2,4,6-11H2,1,3H3/t12-/m0/s1. The maximum atomic E-state index is 5.75. The van der Waals surface area contributed by atoms with E-state index in [1.165, 1.54) is 32.1 Å². The monoisotopic (exact) mass is 184 g/mol. The smallest absolute Gasteiger partial charge is 0.0575 e. The third-order valence-corrected chi connectivity index (χ3v) is 2.17. The predicted octanol–water partition coefficient (Wildman–Crippen LogP) is 3.94. The van der Waals surface area contributed by atoms with Gasteiger partial charge in [-0.2, -0.15) is 0 Å². The first-order chi connectivity index (χ1) is 6.35.